The second kappa shape index (κ2) is 9.11. The van der Waals surface area contributed by atoms with Gasteiger partial charge in [-0.05, 0) is 47.0 Å². The molecule has 2 aliphatic rings. The van der Waals surface area contributed by atoms with Crippen LogP contribution in [0.4, 0.5) is 10.5 Å². The molecule has 3 amide bonds. The van der Waals surface area contributed by atoms with Crippen molar-refractivity contribution in [2.75, 3.05) is 32.2 Å². The van der Waals surface area contributed by atoms with Crippen LogP contribution in [-0.2, 0) is 9.59 Å². The van der Waals surface area contributed by atoms with Crippen molar-refractivity contribution < 1.29 is 28.6 Å². The molecule has 1 fully saturated rings. The minimum atomic E-state index is -0.507. The first-order chi connectivity index (χ1) is 16.5. The van der Waals surface area contributed by atoms with E-state index < -0.39 is 17.1 Å². The second-order valence-electron chi connectivity index (χ2n) is 7.58. The van der Waals surface area contributed by atoms with E-state index in [1.165, 1.54) is 0 Å². The summed E-state index contributed by atoms with van der Waals surface area (Å²) in [4.78, 5) is 39.2. The molecular weight excluding hydrogens is 456 g/mol. The number of hydrogen-bond donors (Lipinski definition) is 1. The molecule has 0 aliphatic carbocycles. The van der Waals surface area contributed by atoms with Gasteiger partial charge in [-0.3, -0.25) is 19.3 Å². The number of carbonyl (C=O) groups is 3. The number of anilines is 1. The summed E-state index contributed by atoms with van der Waals surface area (Å²) in [5.74, 6) is 0.857. The maximum atomic E-state index is 12.9. The monoisotopic (exact) mass is 476 g/mol. The Morgan fingerprint density at radius 2 is 1.82 bits per heavy atom. The van der Waals surface area contributed by atoms with Crippen molar-refractivity contribution in [2.45, 2.75) is 0 Å². The third-order valence-corrected chi connectivity index (χ3v) is 6.33. The first kappa shape index (κ1) is 21.8. The van der Waals surface area contributed by atoms with E-state index in [0.29, 0.717) is 30.4 Å². The molecule has 0 radical (unpaired) electrons. The summed E-state index contributed by atoms with van der Waals surface area (Å²) in [6, 6.07) is 16.3. The van der Waals surface area contributed by atoms with Crippen LogP contribution in [0.1, 0.15) is 5.56 Å². The number of amides is 3. The molecule has 3 aromatic carbocycles. The maximum Gasteiger partial charge on any atom is 0.294 e. The topological polar surface area (TPSA) is 94.2 Å². The number of benzene rings is 3. The highest BCUT2D eigenvalue weighted by molar-refractivity contribution is 8.18. The largest absolute Gasteiger partial charge is 0.496 e. The minimum Gasteiger partial charge on any atom is -0.496 e. The predicted octanol–water partition coefficient (Wildman–Crippen LogP) is 4.29. The predicted molar refractivity (Wildman–Crippen MR) is 129 cm³/mol. The van der Waals surface area contributed by atoms with Crippen LogP contribution in [0, 0.1) is 0 Å². The number of nitrogens with one attached hydrogen (secondary N) is 1. The van der Waals surface area contributed by atoms with Crippen LogP contribution in [0.5, 0.6) is 17.2 Å². The van der Waals surface area contributed by atoms with Crippen LogP contribution in [0.25, 0.3) is 16.8 Å². The summed E-state index contributed by atoms with van der Waals surface area (Å²) < 4.78 is 16.4. The van der Waals surface area contributed by atoms with Crippen molar-refractivity contribution >= 4 is 51.4 Å². The average Bonchev–Trinajstić information content (AvgIpc) is 3.11. The maximum absolute atomic E-state index is 12.9. The molecule has 0 aromatic heterocycles. The van der Waals surface area contributed by atoms with Crippen LogP contribution in [0.15, 0.2) is 59.5 Å². The number of fused-ring (bicyclic) bond motifs is 2. The van der Waals surface area contributed by atoms with E-state index in [9.17, 15) is 14.4 Å². The van der Waals surface area contributed by atoms with Crippen molar-refractivity contribution in [3.8, 4) is 17.2 Å². The van der Waals surface area contributed by atoms with Gasteiger partial charge in [0, 0.05) is 17.1 Å². The number of methoxy groups -OCH3 is 1. The lowest BCUT2D eigenvalue weighted by Gasteiger charge is -2.19. The summed E-state index contributed by atoms with van der Waals surface area (Å²) in [7, 11) is 1.60. The third-order valence-electron chi connectivity index (χ3n) is 5.43. The number of thioether (sulfide) groups is 1. The first-order valence-electron chi connectivity index (χ1n) is 10.5. The molecule has 34 heavy (non-hydrogen) atoms. The summed E-state index contributed by atoms with van der Waals surface area (Å²) in [6.45, 7) is 0.508. The molecule has 0 atom stereocenters. The zero-order chi connectivity index (χ0) is 23.7. The van der Waals surface area contributed by atoms with Gasteiger partial charge in [0.2, 0.25) is 5.91 Å². The lowest BCUT2D eigenvalue weighted by Crippen LogP contribution is -2.36. The number of imide groups is 1. The third kappa shape index (κ3) is 4.17. The van der Waals surface area contributed by atoms with Gasteiger partial charge in [-0.2, -0.15) is 0 Å². The fourth-order valence-electron chi connectivity index (χ4n) is 3.84. The smallest absolute Gasteiger partial charge is 0.294 e. The van der Waals surface area contributed by atoms with Gasteiger partial charge in [0.25, 0.3) is 11.1 Å². The molecule has 8 nitrogen and oxygen atoms in total. The lowest BCUT2D eigenvalue weighted by molar-refractivity contribution is -0.127. The second-order valence-corrected chi connectivity index (χ2v) is 8.57. The molecule has 9 heteroatoms. The number of hydrogen-bond acceptors (Lipinski definition) is 7. The summed E-state index contributed by atoms with van der Waals surface area (Å²) in [5.41, 5.74) is 1.27. The Balaban J connectivity index is 1.32. The highest BCUT2D eigenvalue weighted by atomic mass is 32.2. The lowest BCUT2D eigenvalue weighted by atomic mass is 10.0. The van der Waals surface area contributed by atoms with E-state index in [2.05, 4.69) is 5.32 Å². The number of rotatable bonds is 5. The van der Waals surface area contributed by atoms with E-state index in [1.54, 1.807) is 31.4 Å². The Hall–Kier alpha value is -3.98. The molecule has 2 aliphatic heterocycles. The molecule has 0 bridgehead atoms. The number of nitrogens with zero attached hydrogens (tertiary/aromatic N) is 1. The molecule has 2 heterocycles. The summed E-state index contributed by atoms with van der Waals surface area (Å²) in [6.07, 6.45) is 1.67. The average molecular weight is 477 g/mol. The van der Waals surface area contributed by atoms with E-state index in [1.807, 2.05) is 36.4 Å². The Morgan fingerprint density at radius 3 is 2.62 bits per heavy atom. The van der Waals surface area contributed by atoms with Gasteiger partial charge in [0.05, 0.1) is 12.0 Å². The normalized spacial score (nSPS) is 16.3. The van der Waals surface area contributed by atoms with E-state index in [0.717, 1.165) is 38.7 Å². The van der Waals surface area contributed by atoms with Gasteiger partial charge in [-0.25, -0.2) is 0 Å². The zero-order valence-electron chi connectivity index (χ0n) is 18.2. The van der Waals surface area contributed by atoms with E-state index in [4.69, 9.17) is 14.2 Å². The van der Waals surface area contributed by atoms with Crippen molar-refractivity contribution in [1.29, 1.82) is 0 Å². The van der Waals surface area contributed by atoms with Gasteiger partial charge < -0.3 is 19.5 Å². The quantitative estimate of drug-likeness (QED) is 0.549. The van der Waals surface area contributed by atoms with Crippen LogP contribution in [0.2, 0.25) is 0 Å². The van der Waals surface area contributed by atoms with Crippen LogP contribution >= 0.6 is 11.8 Å². The number of ether oxygens (including phenoxy) is 3. The van der Waals surface area contributed by atoms with Gasteiger partial charge in [-0.1, -0.05) is 30.3 Å². The highest BCUT2D eigenvalue weighted by Gasteiger charge is 2.36. The summed E-state index contributed by atoms with van der Waals surface area (Å²) >= 11 is 0.813. The standard InChI is InChI=1S/C25H20N2O6S/c1-31-19-8-6-15(17-4-2-3-5-18(17)19)12-22-24(29)27(25(30)34-22)14-23(28)26-16-7-9-20-21(13-16)33-11-10-32-20/h2-9,12-13H,10-11,14H2,1H3,(H,26,28)/b22-12+. The highest BCUT2D eigenvalue weighted by Crippen LogP contribution is 2.36. The molecule has 0 saturated carbocycles. The molecule has 5 rings (SSSR count). The van der Waals surface area contributed by atoms with Crippen molar-refractivity contribution in [2.24, 2.45) is 0 Å². The number of carbonyl (C=O) groups excluding carboxylic acids is 3. The van der Waals surface area contributed by atoms with E-state index >= 15 is 0 Å². The Labute approximate surface area is 199 Å². The fraction of sp³-hybridized carbons (Fsp3) is 0.160. The molecule has 1 saturated heterocycles. The van der Waals surface area contributed by atoms with Gasteiger partial charge in [0.15, 0.2) is 11.5 Å². The van der Waals surface area contributed by atoms with Crippen LogP contribution in [-0.4, -0.2) is 48.8 Å². The SMILES string of the molecule is COc1ccc(/C=C2/SC(=O)N(CC(=O)Nc3ccc4c(c3)OCCO4)C2=O)c2ccccc12. The minimum absolute atomic E-state index is 0.257. The molecular formula is C25H20N2O6S. The van der Waals surface area contributed by atoms with Crippen molar-refractivity contribution in [1.82, 2.24) is 4.90 Å². The fourth-order valence-corrected chi connectivity index (χ4v) is 4.67. The van der Waals surface area contributed by atoms with Gasteiger partial charge >= 0.3 is 0 Å². The van der Waals surface area contributed by atoms with Crippen molar-refractivity contribution in [3.63, 3.8) is 0 Å². The molecule has 172 valence electrons. The summed E-state index contributed by atoms with van der Waals surface area (Å²) in [5, 5.41) is 4.00. The first-order valence-corrected chi connectivity index (χ1v) is 11.4. The van der Waals surface area contributed by atoms with Crippen LogP contribution in [0.3, 0.4) is 0 Å². The zero-order valence-corrected chi connectivity index (χ0v) is 19.0. The molecule has 3 aromatic rings. The van der Waals surface area contributed by atoms with Crippen LogP contribution < -0.4 is 19.5 Å². The van der Waals surface area contributed by atoms with Gasteiger partial charge in [-0.15, -0.1) is 0 Å². The molecule has 0 spiro atoms. The van der Waals surface area contributed by atoms with E-state index in [-0.39, 0.29) is 11.4 Å². The molecule has 0 unspecified atom stereocenters. The Kier molecular flexibility index (Phi) is 5.85. The molecule has 1 N–H and O–H groups in total. The van der Waals surface area contributed by atoms with Crippen molar-refractivity contribution in [3.05, 3.63) is 65.1 Å². The Bertz CT molecular complexity index is 1350. The Morgan fingerprint density at radius 1 is 1.06 bits per heavy atom. The van der Waals surface area contributed by atoms with Gasteiger partial charge in [0.1, 0.15) is 25.5 Å².